The number of hydrogen-bond donors (Lipinski definition) is 1. The minimum atomic E-state index is -4.39. The van der Waals surface area contributed by atoms with Crippen molar-refractivity contribution in [2.75, 3.05) is 31.1 Å². The Morgan fingerprint density at radius 3 is 2.34 bits per heavy atom. The lowest BCUT2D eigenvalue weighted by molar-refractivity contribution is -0.145. The van der Waals surface area contributed by atoms with E-state index in [0.29, 0.717) is 38.4 Å². The highest BCUT2D eigenvalue weighted by Crippen LogP contribution is 2.45. The summed E-state index contributed by atoms with van der Waals surface area (Å²) in [5.41, 5.74) is 4.97. The molecule has 0 aromatic carbocycles. The summed E-state index contributed by atoms with van der Waals surface area (Å²) in [6.07, 6.45) is -0.833. The molecule has 0 spiro atoms. The van der Waals surface area contributed by atoms with E-state index in [4.69, 9.17) is 5.73 Å². The average molecular weight is 457 g/mol. The standard InChI is InChI=1S/C19H27F3N4O.2ClH/c1-13(2)18(5-3-15(23)12-18)17(27)26-9-7-25(8-10-26)16-11-14(4-6-24-16)19(20,21)22;;/h4,6,11,13,15H,3,5,7-10,12,23H2,1-2H3;2*1H/t15?,18-;;/m0../s1. The fourth-order valence-corrected chi connectivity index (χ4v) is 4.30. The van der Waals surface area contributed by atoms with Gasteiger partial charge in [-0.2, -0.15) is 13.2 Å². The van der Waals surface area contributed by atoms with Gasteiger partial charge in [-0.25, -0.2) is 4.98 Å². The van der Waals surface area contributed by atoms with Crippen molar-refractivity contribution in [3.05, 3.63) is 23.9 Å². The molecule has 2 fully saturated rings. The van der Waals surface area contributed by atoms with Crippen molar-refractivity contribution < 1.29 is 18.0 Å². The highest BCUT2D eigenvalue weighted by molar-refractivity contribution is 5.85. The second kappa shape index (κ2) is 9.71. The smallest absolute Gasteiger partial charge is 0.353 e. The second-order valence-electron chi connectivity index (χ2n) is 7.99. The average Bonchev–Trinajstić information content (AvgIpc) is 3.04. The Hall–Kier alpha value is -1.25. The van der Waals surface area contributed by atoms with Crippen LogP contribution in [0.15, 0.2) is 18.3 Å². The monoisotopic (exact) mass is 456 g/mol. The Bertz CT molecular complexity index is 696. The van der Waals surface area contributed by atoms with Crippen LogP contribution in [-0.4, -0.2) is 48.0 Å². The molecule has 1 aromatic rings. The quantitative estimate of drug-likeness (QED) is 0.751. The van der Waals surface area contributed by atoms with Crippen molar-refractivity contribution in [2.45, 2.75) is 45.3 Å². The molecule has 166 valence electrons. The zero-order chi connectivity index (χ0) is 19.8. The molecular formula is C19H29Cl2F3N4O. The van der Waals surface area contributed by atoms with Crippen LogP contribution >= 0.6 is 24.8 Å². The van der Waals surface area contributed by atoms with Crippen LogP contribution in [0.3, 0.4) is 0 Å². The Balaban J connectivity index is 0.00000210. The summed E-state index contributed by atoms with van der Waals surface area (Å²) in [6, 6.07) is 2.11. The maximum absolute atomic E-state index is 13.2. The van der Waals surface area contributed by atoms with Crippen molar-refractivity contribution >= 4 is 36.5 Å². The highest BCUT2D eigenvalue weighted by atomic mass is 35.5. The van der Waals surface area contributed by atoms with Crippen LogP contribution in [-0.2, 0) is 11.0 Å². The molecule has 10 heteroatoms. The van der Waals surface area contributed by atoms with Crippen LogP contribution in [0.2, 0.25) is 0 Å². The maximum atomic E-state index is 13.2. The van der Waals surface area contributed by atoms with E-state index in [2.05, 4.69) is 18.8 Å². The molecule has 0 bridgehead atoms. The van der Waals surface area contributed by atoms with Crippen molar-refractivity contribution in [1.29, 1.82) is 0 Å². The fraction of sp³-hybridized carbons (Fsp3) is 0.684. The lowest BCUT2D eigenvalue weighted by Gasteiger charge is -2.42. The predicted octanol–water partition coefficient (Wildman–Crippen LogP) is 3.75. The van der Waals surface area contributed by atoms with Crippen LogP contribution in [0.5, 0.6) is 0 Å². The number of alkyl halides is 3. The lowest BCUT2D eigenvalue weighted by atomic mass is 9.74. The van der Waals surface area contributed by atoms with Crippen molar-refractivity contribution in [3.63, 3.8) is 0 Å². The van der Waals surface area contributed by atoms with Gasteiger partial charge in [-0.3, -0.25) is 4.79 Å². The van der Waals surface area contributed by atoms with E-state index >= 15 is 0 Å². The van der Waals surface area contributed by atoms with E-state index in [1.54, 1.807) is 4.90 Å². The number of nitrogens with zero attached hydrogens (tertiary/aromatic N) is 3. The first kappa shape index (κ1) is 25.8. The molecule has 2 N–H and O–H groups in total. The molecule has 2 aliphatic rings. The first-order valence-electron chi connectivity index (χ1n) is 9.46. The Morgan fingerprint density at radius 1 is 1.24 bits per heavy atom. The van der Waals surface area contributed by atoms with Gasteiger partial charge < -0.3 is 15.5 Å². The molecule has 1 aromatic heterocycles. The van der Waals surface area contributed by atoms with Gasteiger partial charge in [-0.15, -0.1) is 24.8 Å². The van der Waals surface area contributed by atoms with Crippen LogP contribution in [0.25, 0.3) is 0 Å². The second-order valence-corrected chi connectivity index (χ2v) is 7.99. The molecule has 1 amide bonds. The Labute approximate surface area is 182 Å². The number of aromatic nitrogens is 1. The molecule has 1 saturated heterocycles. The van der Waals surface area contributed by atoms with E-state index in [1.807, 2.05) is 4.90 Å². The molecule has 1 aliphatic heterocycles. The van der Waals surface area contributed by atoms with Crippen LogP contribution in [0.4, 0.5) is 19.0 Å². The van der Waals surface area contributed by atoms with Gasteiger partial charge in [-0.05, 0) is 37.3 Å². The minimum absolute atomic E-state index is 0. The maximum Gasteiger partial charge on any atom is 0.416 e. The largest absolute Gasteiger partial charge is 0.416 e. The van der Waals surface area contributed by atoms with Crippen molar-refractivity contribution in [3.8, 4) is 0 Å². The van der Waals surface area contributed by atoms with Crippen LogP contribution < -0.4 is 10.6 Å². The Morgan fingerprint density at radius 2 is 1.86 bits per heavy atom. The van der Waals surface area contributed by atoms with E-state index < -0.39 is 17.2 Å². The molecule has 1 unspecified atom stereocenters. The van der Waals surface area contributed by atoms with Crippen molar-refractivity contribution in [2.24, 2.45) is 17.1 Å². The zero-order valence-corrected chi connectivity index (χ0v) is 18.2. The van der Waals surface area contributed by atoms with Gasteiger partial charge in [0.15, 0.2) is 0 Å². The third-order valence-corrected chi connectivity index (χ3v) is 6.08. The Kier molecular flexibility index (Phi) is 8.63. The number of carbonyl (C=O) groups excluding carboxylic acids is 1. The summed E-state index contributed by atoms with van der Waals surface area (Å²) in [5.74, 6) is 0.655. The minimum Gasteiger partial charge on any atom is -0.353 e. The van der Waals surface area contributed by atoms with E-state index in [0.717, 1.165) is 25.0 Å². The third kappa shape index (κ3) is 5.27. The highest BCUT2D eigenvalue weighted by Gasteiger charge is 2.48. The van der Waals surface area contributed by atoms with Crippen LogP contribution in [0, 0.1) is 11.3 Å². The number of halogens is 5. The molecular weight excluding hydrogens is 428 g/mol. The van der Waals surface area contributed by atoms with Gasteiger partial charge in [-0.1, -0.05) is 13.8 Å². The molecule has 1 saturated carbocycles. The van der Waals surface area contributed by atoms with Crippen molar-refractivity contribution in [1.82, 2.24) is 9.88 Å². The summed E-state index contributed by atoms with van der Waals surface area (Å²) >= 11 is 0. The molecule has 3 rings (SSSR count). The van der Waals surface area contributed by atoms with E-state index in [-0.39, 0.29) is 42.7 Å². The SMILES string of the molecule is CC(C)[C@]1(C(=O)N2CCN(c3cc(C(F)(F)F)ccn3)CC2)CCC(N)C1.Cl.Cl. The van der Waals surface area contributed by atoms with E-state index in [9.17, 15) is 18.0 Å². The summed E-state index contributed by atoms with van der Waals surface area (Å²) in [7, 11) is 0. The molecule has 5 nitrogen and oxygen atoms in total. The number of piperazine rings is 1. The molecule has 29 heavy (non-hydrogen) atoms. The molecule has 2 atom stereocenters. The predicted molar refractivity (Wildman–Crippen MR) is 112 cm³/mol. The topological polar surface area (TPSA) is 62.5 Å². The number of hydrogen-bond acceptors (Lipinski definition) is 4. The number of rotatable bonds is 3. The van der Waals surface area contributed by atoms with Gasteiger partial charge >= 0.3 is 6.18 Å². The van der Waals surface area contributed by atoms with Gasteiger partial charge in [0.2, 0.25) is 5.91 Å². The first-order valence-corrected chi connectivity index (χ1v) is 9.46. The molecule has 1 aliphatic carbocycles. The van der Waals surface area contributed by atoms with Gasteiger partial charge in [0.25, 0.3) is 0 Å². The summed E-state index contributed by atoms with van der Waals surface area (Å²) < 4.78 is 38.7. The number of carbonyl (C=O) groups is 1. The molecule has 0 radical (unpaired) electrons. The van der Waals surface area contributed by atoms with Gasteiger partial charge in [0.05, 0.1) is 11.0 Å². The van der Waals surface area contributed by atoms with Crippen LogP contribution in [0.1, 0.15) is 38.7 Å². The first-order chi connectivity index (χ1) is 12.6. The normalized spacial score (nSPS) is 24.9. The van der Waals surface area contributed by atoms with E-state index in [1.165, 1.54) is 6.20 Å². The fourth-order valence-electron chi connectivity index (χ4n) is 4.30. The summed E-state index contributed by atoms with van der Waals surface area (Å²) in [5, 5.41) is 0. The summed E-state index contributed by atoms with van der Waals surface area (Å²) in [4.78, 5) is 21.0. The number of pyridine rings is 1. The molecule has 2 heterocycles. The third-order valence-electron chi connectivity index (χ3n) is 6.08. The van der Waals surface area contributed by atoms with Gasteiger partial charge in [0, 0.05) is 38.4 Å². The lowest BCUT2D eigenvalue weighted by Crippen LogP contribution is -2.54. The number of amides is 1. The zero-order valence-electron chi connectivity index (χ0n) is 16.6. The number of nitrogens with two attached hydrogens (primary N) is 1. The number of anilines is 1. The summed E-state index contributed by atoms with van der Waals surface area (Å²) in [6.45, 7) is 6.05. The van der Waals surface area contributed by atoms with Gasteiger partial charge in [0.1, 0.15) is 5.82 Å².